The van der Waals surface area contributed by atoms with E-state index < -0.39 is 15.4 Å². The van der Waals surface area contributed by atoms with Gasteiger partial charge in [0.2, 0.25) is 0 Å². The van der Waals surface area contributed by atoms with Crippen molar-refractivity contribution < 1.29 is 13.5 Å². The number of hydrogen-bond donors (Lipinski definition) is 3. The second-order valence-electron chi connectivity index (χ2n) is 7.61. The van der Waals surface area contributed by atoms with Gasteiger partial charge in [0.15, 0.2) is 15.8 Å². The van der Waals surface area contributed by atoms with E-state index in [0.717, 1.165) is 23.1 Å². The summed E-state index contributed by atoms with van der Waals surface area (Å²) >= 11 is 0. The summed E-state index contributed by atoms with van der Waals surface area (Å²) in [5, 5.41) is 17.5. The van der Waals surface area contributed by atoms with Crippen molar-refractivity contribution in [1.82, 2.24) is 10.6 Å². The Morgan fingerprint density at radius 2 is 1.97 bits per heavy atom. The highest BCUT2D eigenvalue weighted by atomic mass is 32.2. The van der Waals surface area contributed by atoms with Crippen molar-refractivity contribution >= 4 is 15.8 Å². The Balaban J connectivity index is 1.70. The normalized spacial score (nSPS) is 19.1. The smallest absolute Gasteiger partial charge is 0.191 e. The van der Waals surface area contributed by atoms with Crippen LogP contribution in [-0.2, 0) is 28.4 Å². The second kappa shape index (κ2) is 8.55. The standard InChI is InChI=1S/C22H29N3O3S/c1-4-23-21(24-14-17-9-10-20(16(2)13-17)29(3,27)28)25-15-22(26)12-11-18-7-5-6-8-19(18)22/h5-10,13,26H,4,11-12,14-15H2,1-3H3,(H2,23,24,25). The van der Waals surface area contributed by atoms with Crippen molar-refractivity contribution in [3.63, 3.8) is 0 Å². The molecule has 6 nitrogen and oxygen atoms in total. The molecule has 1 aliphatic carbocycles. The van der Waals surface area contributed by atoms with Gasteiger partial charge < -0.3 is 15.7 Å². The molecule has 7 heteroatoms. The maximum Gasteiger partial charge on any atom is 0.191 e. The third kappa shape index (κ3) is 4.97. The van der Waals surface area contributed by atoms with Gasteiger partial charge in [0.05, 0.1) is 18.0 Å². The molecule has 0 bridgehead atoms. The molecule has 1 unspecified atom stereocenters. The van der Waals surface area contributed by atoms with Crippen LogP contribution in [-0.4, -0.2) is 38.8 Å². The molecular formula is C22H29N3O3S. The Bertz CT molecular complexity index is 1020. The lowest BCUT2D eigenvalue weighted by molar-refractivity contribution is 0.0432. The number of guanidine groups is 1. The van der Waals surface area contributed by atoms with Crippen LogP contribution in [0.15, 0.2) is 52.4 Å². The molecule has 0 aromatic heterocycles. The van der Waals surface area contributed by atoms with Gasteiger partial charge in [-0.1, -0.05) is 36.4 Å². The first-order valence-corrected chi connectivity index (χ1v) is 11.7. The van der Waals surface area contributed by atoms with Gasteiger partial charge in [-0.25, -0.2) is 13.4 Å². The SMILES string of the molecule is CCNC(=NCc1ccc(S(C)(=O)=O)c(C)c1)NCC1(O)CCc2ccccc21. The van der Waals surface area contributed by atoms with Crippen LogP contribution in [0.25, 0.3) is 0 Å². The van der Waals surface area contributed by atoms with Crippen LogP contribution < -0.4 is 10.6 Å². The number of sulfone groups is 1. The third-order valence-corrected chi connectivity index (χ3v) is 6.53. The Morgan fingerprint density at radius 1 is 1.21 bits per heavy atom. The molecule has 3 rings (SSSR count). The topological polar surface area (TPSA) is 90.8 Å². The summed E-state index contributed by atoms with van der Waals surface area (Å²) in [5.74, 6) is 0.621. The summed E-state index contributed by atoms with van der Waals surface area (Å²) in [7, 11) is -3.23. The van der Waals surface area contributed by atoms with Gasteiger partial charge in [0.1, 0.15) is 5.60 Å². The fraction of sp³-hybridized carbons (Fsp3) is 0.409. The van der Waals surface area contributed by atoms with Gasteiger partial charge in [0, 0.05) is 12.8 Å². The van der Waals surface area contributed by atoms with E-state index >= 15 is 0 Å². The average molecular weight is 416 g/mol. The minimum atomic E-state index is -3.23. The minimum absolute atomic E-state index is 0.345. The van der Waals surface area contributed by atoms with Crippen LogP contribution in [0.3, 0.4) is 0 Å². The van der Waals surface area contributed by atoms with Gasteiger partial charge in [-0.15, -0.1) is 0 Å². The van der Waals surface area contributed by atoms with Crippen LogP contribution in [0.5, 0.6) is 0 Å². The molecule has 2 aromatic carbocycles. The zero-order valence-corrected chi connectivity index (χ0v) is 18.0. The minimum Gasteiger partial charge on any atom is -0.383 e. The Hall–Kier alpha value is -2.38. The number of nitrogens with one attached hydrogen (secondary N) is 2. The summed E-state index contributed by atoms with van der Waals surface area (Å²) in [6, 6.07) is 13.3. The Kier molecular flexibility index (Phi) is 6.29. The predicted molar refractivity (Wildman–Crippen MR) is 116 cm³/mol. The number of rotatable bonds is 6. The van der Waals surface area contributed by atoms with Crippen molar-refractivity contribution in [2.75, 3.05) is 19.3 Å². The fourth-order valence-electron chi connectivity index (χ4n) is 3.82. The van der Waals surface area contributed by atoms with Crippen molar-refractivity contribution in [2.24, 2.45) is 4.99 Å². The summed E-state index contributed by atoms with van der Waals surface area (Å²) in [6.07, 6.45) is 2.77. The van der Waals surface area contributed by atoms with Gasteiger partial charge in [0.25, 0.3) is 0 Å². The average Bonchev–Trinajstić information content (AvgIpc) is 3.01. The van der Waals surface area contributed by atoms with Gasteiger partial charge in [-0.2, -0.15) is 0 Å². The molecule has 0 fully saturated rings. The van der Waals surface area contributed by atoms with E-state index in [2.05, 4.69) is 21.7 Å². The Labute approximate surface area is 173 Å². The van der Waals surface area contributed by atoms with Crippen molar-refractivity contribution in [2.45, 2.75) is 43.7 Å². The van der Waals surface area contributed by atoms with Gasteiger partial charge in [-0.3, -0.25) is 0 Å². The summed E-state index contributed by atoms with van der Waals surface area (Å²) < 4.78 is 23.5. The number of aliphatic imine (C=N–C) groups is 1. The molecule has 0 heterocycles. The van der Waals surface area contributed by atoms with Crippen molar-refractivity contribution in [1.29, 1.82) is 0 Å². The highest BCUT2D eigenvalue weighted by Crippen LogP contribution is 2.36. The largest absolute Gasteiger partial charge is 0.383 e. The molecule has 2 aromatic rings. The summed E-state index contributed by atoms with van der Waals surface area (Å²) in [4.78, 5) is 4.94. The molecule has 0 amide bonds. The van der Waals surface area contributed by atoms with Crippen LogP contribution >= 0.6 is 0 Å². The molecule has 3 N–H and O–H groups in total. The number of fused-ring (bicyclic) bond motifs is 1. The van der Waals surface area contributed by atoms with E-state index in [1.54, 1.807) is 19.1 Å². The first-order valence-electron chi connectivity index (χ1n) is 9.85. The monoisotopic (exact) mass is 415 g/mol. The van der Waals surface area contributed by atoms with E-state index in [1.807, 2.05) is 31.2 Å². The highest BCUT2D eigenvalue weighted by molar-refractivity contribution is 7.90. The number of hydrogen-bond acceptors (Lipinski definition) is 4. The maximum atomic E-state index is 11.8. The second-order valence-corrected chi connectivity index (χ2v) is 9.59. The van der Waals surface area contributed by atoms with Gasteiger partial charge in [-0.05, 0) is 55.0 Å². The summed E-state index contributed by atoms with van der Waals surface area (Å²) in [5.41, 5.74) is 2.92. The highest BCUT2D eigenvalue weighted by Gasteiger charge is 2.36. The van der Waals surface area contributed by atoms with Crippen molar-refractivity contribution in [3.8, 4) is 0 Å². The molecule has 0 radical (unpaired) electrons. The number of nitrogens with zero attached hydrogens (tertiary/aromatic N) is 1. The number of aryl methyl sites for hydroxylation is 2. The number of aliphatic hydroxyl groups is 1. The lowest BCUT2D eigenvalue weighted by atomic mass is 9.96. The summed E-state index contributed by atoms with van der Waals surface area (Å²) in [6.45, 7) is 5.27. The van der Waals surface area contributed by atoms with E-state index in [4.69, 9.17) is 0 Å². The quantitative estimate of drug-likeness (QED) is 0.497. The molecule has 0 saturated heterocycles. The predicted octanol–water partition coefficient (Wildman–Crippen LogP) is 2.29. The van der Waals surface area contributed by atoms with E-state index in [-0.39, 0.29) is 0 Å². The van der Waals surface area contributed by atoms with Crippen LogP contribution in [0, 0.1) is 6.92 Å². The molecule has 0 saturated carbocycles. The molecule has 0 spiro atoms. The Morgan fingerprint density at radius 3 is 2.66 bits per heavy atom. The lowest BCUT2D eigenvalue weighted by Gasteiger charge is -2.25. The van der Waals surface area contributed by atoms with E-state index in [9.17, 15) is 13.5 Å². The first kappa shape index (κ1) is 21.3. The van der Waals surface area contributed by atoms with Crippen molar-refractivity contribution in [3.05, 3.63) is 64.7 Å². The van der Waals surface area contributed by atoms with Crippen LogP contribution in [0.1, 0.15) is 35.6 Å². The maximum absolute atomic E-state index is 11.8. The zero-order chi connectivity index (χ0) is 21.1. The first-order chi connectivity index (χ1) is 13.7. The molecular weight excluding hydrogens is 386 g/mol. The molecule has 29 heavy (non-hydrogen) atoms. The molecule has 156 valence electrons. The molecule has 1 atom stereocenters. The van der Waals surface area contributed by atoms with Crippen LogP contribution in [0.4, 0.5) is 0 Å². The molecule has 1 aliphatic rings. The third-order valence-electron chi connectivity index (χ3n) is 5.28. The lowest BCUT2D eigenvalue weighted by Crippen LogP contribution is -2.45. The van der Waals surface area contributed by atoms with E-state index in [1.165, 1.54) is 11.8 Å². The van der Waals surface area contributed by atoms with E-state index in [0.29, 0.717) is 36.9 Å². The fourth-order valence-corrected chi connectivity index (χ4v) is 4.78. The zero-order valence-electron chi connectivity index (χ0n) is 17.2. The van der Waals surface area contributed by atoms with Gasteiger partial charge >= 0.3 is 0 Å². The van der Waals surface area contributed by atoms with Crippen LogP contribution in [0.2, 0.25) is 0 Å². The number of benzene rings is 2. The molecule has 0 aliphatic heterocycles.